The summed E-state index contributed by atoms with van der Waals surface area (Å²) in [5.41, 5.74) is 0. The molecule has 2 fully saturated rings. The molecule has 2 rings (SSSR count). The van der Waals surface area contributed by atoms with Gasteiger partial charge in [-0.25, -0.2) is 0 Å². The molecule has 2 heterocycles. The van der Waals surface area contributed by atoms with Crippen LogP contribution in [0, 0.1) is 5.92 Å². The molecule has 108 valence electrons. The molecule has 1 amide bonds. The topological polar surface area (TPSA) is 61.9 Å². The summed E-state index contributed by atoms with van der Waals surface area (Å²) >= 11 is 0. The number of hydrogen-bond acceptors (Lipinski definition) is 5. The van der Waals surface area contributed by atoms with Crippen molar-refractivity contribution >= 4 is 11.9 Å². The van der Waals surface area contributed by atoms with Crippen LogP contribution in [0.4, 0.5) is 0 Å². The first-order valence-electron chi connectivity index (χ1n) is 6.92. The Morgan fingerprint density at radius 2 is 1.89 bits per heavy atom. The van der Waals surface area contributed by atoms with Crippen molar-refractivity contribution in [2.75, 3.05) is 46.4 Å². The first-order valence-corrected chi connectivity index (χ1v) is 6.92. The van der Waals surface area contributed by atoms with Crippen LogP contribution in [-0.4, -0.2) is 74.1 Å². The molecule has 0 spiro atoms. The Labute approximate surface area is 114 Å². The number of methoxy groups -OCH3 is 1. The summed E-state index contributed by atoms with van der Waals surface area (Å²) in [5, 5.41) is 3.13. The van der Waals surface area contributed by atoms with E-state index < -0.39 is 0 Å². The lowest BCUT2D eigenvalue weighted by atomic mass is 10.0. The normalized spacial score (nSPS) is 22.7. The quantitative estimate of drug-likeness (QED) is 0.684. The Kier molecular flexibility index (Phi) is 4.76. The predicted molar refractivity (Wildman–Crippen MR) is 70.6 cm³/mol. The molecule has 6 nitrogen and oxygen atoms in total. The van der Waals surface area contributed by atoms with Gasteiger partial charge in [0.05, 0.1) is 19.4 Å². The summed E-state index contributed by atoms with van der Waals surface area (Å²) in [4.78, 5) is 27.5. The van der Waals surface area contributed by atoms with E-state index in [4.69, 9.17) is 0 Å². The second-order valence-corrected chi connectivity index (χ2v) is 5.35. The maximum Gasteiger partial charge on any atom is 0.307 e. The third-order valence-corrected chi connectivity index (χ3v) is 4.07. The number of carbonyl (C=O) groups excluding carboxylic acids is 2. The van der Waals surface area contributed by atoms with Gasteiger partial charge < -0.3 is 15.0 Å². The summed E-state index contributed by atoms with van der Waals surface area (Å²) in [5.74, 6) is 0.282. The van der Waals surface area contributed by atoms with E-state index in [0.29, 0.717) is 6.42 Å². The number of hydrogen-bond donors (Lipinski definition) is 1. The Bertz CT molecular complexity index is 336. The van der Waals surface area contributed by atoms with Crippen LogP contribution in [0.1, 0.15) is 13.3 Å². The van der Waals surface area contributed by atoms with E-state index in [1.165, 1.54) is 7.11 Å². The van der Waals surface area contributed by atoms with E-state index in [1.54, 1.807) is 0 Å². The number of rotatable bonds is 4. The molecule has 0 radical (unpaired) electrons. The zero-order valence-electron chi connectivity index (χ0n) is 11.7. The van der Waals surface area contributed by atoms with E-state index in [-0.39, 0.29) is 23.8 Å². The molecule has 1 atom stereocenters. The van der Waals surface area contributed by atoms with E-state index in [9.17, 15) is 9.59 Å². The summed E-state index contributed by atoms with van der Waals surface area (Å²) in [6, 6.07) is 0.176. The van der Waals surface area contributed by atoms with Crippen molar-refractivity contribution in [3.63, 3.8) is 0 Å². The van der Waals surface area contributed by atoms with Crippen molar-refractivity contribution < 1.29 is 14.3 Å². The van der Waals surface area contributed by atoms with Crippen molar-refractivity contribution in [1.29, 1.82) is 0 Å². The standard InChI is InChI=1S/C13H23N3O3/c1-10(7-12(17)19-2)15-3-5-16(6-4-15)13(18)11-8-14-9-11/h10-11,14H,3-9H2,1-2H3. The van der Waals surface area contributed by atoms with Crippen LogP contribution in [0.2, 0.25) is 0 Å². The van der Waals surface area contributed by atoms with Crippen molar-refractivity contribution in [2.45, 2.75) is 19.4 Å². The molecule has 1 unspecified atom stereocenters. The molecule has 0 aliphatic carbocycles. The van der Waals surface area contributed by atoms with Gasteiger partial charge in [-0.15, -0.1) is 0 Å². The Balaban J connectivity index is 1.75. The highest BCUT2D eigenvalue weighted by Crippen LogP contribution is 2.14. The van der Waals surface area contributed by atoms with Gasteiger partial charge in [0.25, 0.3) is 0 Å². The third kappa shape index (κ3) is 3.45. The first kappa shape index (κ1) is 14.3. The Morgan fingerprint density at radius 3 is 2.37 bits per heavy atom. The largest absolute Gasteiger partial charge is 0.469 e. The van der Waals surface area contributed by atoms with Gasteiger partial charge in [0.15, 0.2) is 0 Å². The van der Waals surface area contributed by atoms with Crippen molar-refractivity contribution in [3.05, 3.63) is 0 Å². The monoisotopic (exact) mass is 269 g/mol. The molecule has 0 saturated carbocycles. The van der Waals surface area contributed by atoms with E-state index in [1.807, 2.05) is 11.8 Å². The highest BCUT2D eigenvalue weighted by atomic mass is 16.5. The second kappa shape index (κ2) is 6.34. The van der Waals surface area contributed by atoms with Gasteiger partial charge in [-0.05, 0) is 6.92 Å². The fourth-order valence-corrected chi connectivity index (χ4v) is 2.56. The first-order chi connectivity index (χ1) is 9.11. The molecule has 2 aliphatic rings. The highest BCUT2D eigenvalue weighted by molar-refractivity contribution is 5.80. The molecule has 19 heavy (non-hydrogen) atoms. The maximum atomic E-state index is 12.1. The third-order valence-electron chi connectivity index (χ3n) is 4.07. The minimum atomic E-state index is -0.174. The van der Waals surface area contributed by atoms with Crippen LogP contribution >= 0.6 is 0 Å². The number of esters is 1. The molecule has 0 aromatic carbocycles. The lowest BCUT2D eigenvalue weighted by molar-refractivity contribution is -0.143. The Hall–Kier alpha value is -1.14. The molecular formula is C13H23N3O3. The van der Waals surface area contributed by atoms with Gasteiger partial charge in [0, 0.05) is 45.3 Å². The molecule has 0 bridgehead atoms. The number of piperazine rings is 1. The van der Waals surface area contributed by atoms with Gasteiger partial charge >= 0.3 is 5.97 Å². The average Bonchev–Trinajstić information content (AvgIpc) is 2.36. The van der Waals surface area contributed by atoms with Crippen LogP contribution in [0.5, 0.6) is 0 Å². The Morgan fingerprint density at radius 1 is 1.26 bits per heavy atom. The van der Waals surface area contributed by atoms with Crippen LogP contribution in [0.25, 0.3) is 0 Å². The molecule has 0 aromatic heterocycles. The number of carbonyl (C=O) groups is 2. The fraction of sp³-hybridized carbons (Fsp3) is 0.846. The van der Waals surface area contributed by atoms with Crippen LogP contribution in [0.15, 0.2) is 0 Å². The maximum absolute atomic E-state index is 12.1. The molecule has 0 aromatic rings. The van der Waals surface area contributed by atoms with E-state index in [0.717, 1.165) is 39.3 Å². The summed E-state index contributed by atoms with van der Waals surface area (Å²) in [7, 11) is 1.41. The number of amides is 1. The lowest BCUT2D eigenvalue weighted by Crippen LogP contribution is -2.57. The number of nitrogens with zero attached hydrogens (tertiary/aromatic N) is 2. The van der Waals surface area contributed by atoms with Gasteiger partial charge in [-0.1, -0.05) is 0 Å². The minimum Gasteiger partial charge on any atom is -0.469 e. The van der Waals surface area contributed by atoms with Gasteiger partial charge in [-0.2, -0.15) is 0 Å². The summed E-state index contributed by atoms with van der Waals surface area (Å²) in [6.07, 6.45) is 0.414. The lowest BCUT2D eigenvalue weighted by Gasteiger charge is -2.40. The minimum absolute atomic E-state index is 0.174. The predicted octanol–water partition coefficient (Wildman–Crippen LogP) is -0.698. The van der Waals surface area contributed by atoms with Crippen LogP contribution < -0.4 is 5.32 Å². The number of nitrogens with one attached hydrogen (secondary N) is 1. The second-order valence-electron chi connectivity index (χ2n) is 5.35. The summed E-state index contributed by atoms with van der Waals surface area (Å²) in [6.45, 7) is 6.87. The van der Waals surface area contributed by atoms with Gasteiger partial charge in [0.2, 0.25) is 5.91 Å². The van der Waals surface area contributed by atoms with Crippen LogP contribution in [-0.2, 0) is 14.3 Å². The SMILES string of the molecule is COC(=O)CC(C)N1CCN(C(=O)C2CNC2)CC1. The van der Waals surface area contributed by atoms with Crippen molar-refractivity contribution in [3.8, 4) is 0 Å². The van der Waals surface area contributed by atoms with Crippen LogP contribution in [0.3, 0.4) is 0 Å². The molecular weight excluding hydrogens is 246 g/mol. The molecule has 2 saturated heterocycles. The van der Waals surface area contributed by atoms with E-state index in [2.05, 4.69) is 15.0 Å². The van der Waals surface area contributed by atoms with Gasteiger partial charge in [-0.3, -0.25) is 14.5 Å². The van der Waals surface area contributed by atoms with E-state index >= 15 is 0 Å². The van der Waals surface area contributed by atoms with Gasteiger partial charge in [0.1, 0.15) is 0 Å². The van der Waals surface area contributed by atoms with Crippen molar-refractivity contribution in [1.82, 2.24) is 15.1 Å². The highest BCUT2D eigenvalue weighted by Gasteiger charge is 2.32. The van der Waals surface area contributed by atoms with Crippen molar-refractivity contribution in [2.24, 2.45) is 5.92 Å². The summed E-state index contributed by atoms with van der Waals surface area (Å²) < 4.78 is 4.69. The number of ether oxygens (including phenoxy) is 1. The molecule has 6 heteroatoms. The average molecular weight is 269 g/mol. The zero-order chi connectivity index (χ0) is 13.8. The zero-order valence-corrected chi connectivity index (χ0v) is 11.7. The molecule has 1 N–H and O–H groups in total. The molecule has 2 aliphatic heterocycles. The smallest absolute Gasteiger partial charge is 0.307 e. The fourth-order valence-electron chi connectivity index (χ4n) is 2.56.